The highest BCUT2D eigenvalue weighted by Crippen LogP contribution is 2.02. The van der Waals surface area contributed by atoms with E-state index in [1.165, 1.54) is 6.08 Å². The van der Waals surface area contributed by atoms with Crippen molar-refractivity contribution >= 4 is 16.0 Å². The molecule has 0 aliphatic heterocycles. The molecule has 0 unspecified atom stereocenters. The van der Waals surface area contributed by atoms with Crippen LogP contribution >= 0.6 is 0 Å². The summed E-state index contributed by atoms with van der Waals surface area (Å²) in [5.74, 6) is -0.514. The molecule has 1 N–H and O–H groups in total. The molecule has 0 aromatic carbocycles. The lowest BCUT2D eigenvalue weighted by atomic mass is 10.3. The van der Waals surface area contributed by atoms with Gasteiger partial charge >= 0.3 is 0 Å². The van der Waals surface area contributed by atoms with Crippen molar-refractivity contribution in [3.63, 3.8) is 0 Å². The van der Waals surface area contributed by atoms with Crippen molar-refractivity contribution < 1.29 is 22.2 Å². The Kier molecular flexibility index (Phi) is 7.12. The zero-order valence-corrected chi connectivity index (χ0v) is 11.8. The van der Waals surface area contributed by atoms with Crippen LogP contribution in [0.25, 0.3) is 0 Å². The number of amides is 1. The Morgan fingerprint density at radius 3 is 2.39 bits per heavy atom. The molecule has 0 atom stereocenters. The van der Waals surface area contributed by atoms with Gasteiger partial charge in [-0.3, -0.25) is 4.79 Å². The van der Waals surface area contributed by atoms with Crippen LogP contribution in [0.1, 0.15) is 12.8 Å². The van der Waals surface area contributed by atoms with E-state index in [0.717, 1.165) is 13.0 Å². The molecule has 0 aromatic rings. The Balaban J connectivity index is 3.80. The molecule has 18 heavy (non-hydrogen) atoms. The van der Waals surface area contributed by atoms with Crippen LogP contribution in [0.2, 0.25) is 0 Å². The van der Waals surface area contributed by atoms with Crippen molar-refractivity contribution in [1.29, 1.82) is 0 Å². The molecule has 0 radical (unpaired) electrons. The molecule has 1 amide bonds. The number of nitrogens with zero attached hydrogens (tertiary/aromatic N) is 1. The lowest BCUT2D eigenvalue weighted by Crippen LogP contribution is -2.43. The first-order chi connectivity index (χ1) is 8.16. The fourth-order valence-corrected chi connectivity index (χ4v) is 2.05. The van der Waals surface area contributed by atoms with Crippen molar-refractivity contribution in [1.82, 2.24) is 5.32 Å². The zero-order chi connectivity index (χ0) is 14.2. The van der Waals surface area contributed by atoms with E-state index in [9.17, 15) is 17.8 Å². The Bertz CT molecular complexity index is 377. The smallest absolute Gasteiger partial charge is 0.243 e. The van der Waals surface area contributed by atoms with Crippen LogP contribution in [0.5, 0.6) is 0 Å². The topological polar surface area (TPSA) is 86.3 Å². The normalized spacial score (nSPS) is 12.2. The zero-order valence-electron chi connectivity index (χ0n) is 11.0. The highest BCUT2D eigenvalue weighted by atomic mass is 32.2. The van der Waals surface area contributed by atoms with Crippen molar-refractivity contribution in [2.45, 2.75) is 12.8 Å². The summed E-state index contributed by atoms with van der Waals surface area (Å²) in [4.78, 5) is 10.9. The number of hydrogen-bond acceptors (Lipinski definition) is 4. The van der Waals surface area contributed by atoms with Gasteiger partial charge in [0.15, 0.2) is 0 Å². The van der Waals surface area contributed by atoms with Crippen LogP contribution < -0.4 is 5.32 Å². The second kappa shape index (κ2) is 7.50. The first-order valence-corrected chi connectivity index (χ1v) is 7.40. The van der Waals surface area contributed by atoms with Gasteiger partial charge in [-0.2, -0.15) is 0 Å². The maximum Gasteiger partial charge on any atom is 0.243 e. The third kappa shape index (κ3) is 10.2. The van der Waals surface area contributed by atoms with Gasteiger partial charge in [0, 0.05) is 25.1 Å². The number of rotatable bonds is 9. The van der Waals surface area contributed by atoms with E-state index >= 15 is 0 Å². The minimum atomic E-state index is -4.11. The molecule has 106 valence electrons. The summed E-state index contributed by atoms with van der Waals surface area (Å²) in [7, 11) is -0.184. The van der Waals surface area contributed by atoms with Gasteiger partial charge in [-0.1, -0.05) is 6.58 Å². The lowest BCUT2D eigenvalue weighted by Gasteiger charge is -2.30. The third-order valence-corrected chi connectivity index (χ3v) is 3.37. The molecule has 7 heteroatoms. The van der Waals surface area contributed by atoms with E-state index in [4.69, 9.17) is 0 Å². The van der Waals surface area contributed by atoms with E-state index < -0.39 is 10.1 Å². The fourth-order valence-electron chi connectivity index (χ4n) is 1.57. The van der Waals surface area contributed by atoms with E-state index in [2.05, 4.69) is 11.9 Å². The van der Waals surface area contributed by atoms with Crippen LogP contribution in [0.4, 0.5) is 0 Å². The SMILES string of the molecule is C=CC(=O)NCCC[N+](C)(C)CCCS(=O)(=O)[O-]. The molecule has 0 bridgehead atoms. The average Bonchev–Trinajstić information content (AvgIpc) is 2.21. The second-order valence-corrected chi connectivity index (χ2v) is 6.37. The minimum Gasteiger partial charge on any atom is -0.748 e. The molecule has 0 rings (SSSR count). The van der Waals surface area contributed by atoms with Gasteiger partial charge < -0.3 is 14.4 Å². The Morgan fingerprint density at radius 1 is 1.33 bits per heavy atom. The summed E-state index contributed by atoms with van der Waals surface area (Å²) >= 11 is 0. The maximum absolute atomic E-state index is 10.9. The molecule has 0 heterocycles. The van der Waals surface area contributed by atoms with E-state index in [0.29, 0.717) is 24.0 Å². The Morgan fingerprint density at radius 2 is 1.89 bits per heavy atom. The van der Waals surface area contributed by atoms with Crippen molar-refractivity contribution in [2.75, 3.05) is 39.5 Å². The first kappa shape index (κ1) is 17.1. The molecular weight excluding hydrogens is 256 g/mol. The number of nitrogens with one attached hydrogen (secondary N) is 1. The largest absolute Gasteiger partial charge is 0.748 e. The number of carbonyl (C=O) groups excluding carboxylic acids is 1. The molecule has 6 nitrogen and oxygen atoms in total. The molecule has 0 saturated heterocycles. The predicted molar refractivity (Wildman–Crippen MR) is 68.8 cm³/mol. The lowest BCUT2D eigenvalue weighted by molar-refractivity contribution is -0.890. The van der Waals surface area contributed by atoms with Crippen molar-refractivity contribution in [3.8, 4) is 0 Å². The standard InChI is InChI=1S/C11H22N2O4S/c1-4-11(14)12-7-5-8-13(2,3)9-6-10-18(15,16)17/h4H,1,5-10H2,2-3H3,(H-,12,14,15,16,17). The highest BCUT2D eigenvalue weighted by Gasteiger charge is 2.14. The van der Waals surface area contributed by atoms with Crippen LogP contribution in [0, 0.1) is 0 Å². The highest BCUT2D eigenvalue weighted by molar-refractivity contribution is 7.85. The maximum atomic E-state index is 10.9. The second-order valence-electron chi connectivity index (χ2n) is 4.85. The van der Waals surface area contributed by atoms with Crippen molar-refractivity contribution in [3.05, 3.63) is 12.7 Å². The van der Waals surface area contributed by atoms with E-state index in [-0.39, 0.29) is 11.7 Å². The summed E-state index contributed by atoms with van der Waals surface area (Å²) in [6, 6.07) is 0. The van der Waals surface area contributed by atoms with E-state index in [1.54, 1.807) is 0 Å². The number of hydrogen-bond donors (Lipinski definition) is 1. The van der Waals surface area contributed by atoms with Gasteiger partial charge in [0.2, 0.25) is 5.91 Å². The van der Waals surface area contributed by atoms with Gasteiger partial charge in [0.1, 0.15) is 0 Å². The minimum absolute atomic E-state index is 0.197. The molecule has 0 fully saturated rings. The summed E-state index contributed by atoms with van der Waals surface area (Å²) in [5.41, 5.74) is 0. The van der Waals surface area contributed by atoms with E-state index in [1.807, 2.05) is 14.1 Å². The molecule has 0 aliphatic rings. The summed E-state index contributed by atoms with van der Waals surface area (Å²) in [5, 5.41) is 2.67. The summed E-state index contributed by atoms with van der Waals surface area (Å²) in [6.45, 7) is 5.33. The monoisotopic (exact) mass is 278 g/mol. The first-order valence-electron chi connectivity index (χ1n) is 5.82. The number of quaternary nitrogens is 1. The third-order valence-electron chi connectivity index (χ3n) is 2.58. The average molecular weight is 278 g/mol. The van der Waals surface area contributed by atoms with Crippen LogP contribution in [0.3, 0.4) is 0 Å². The predicted octanol–water partition coefficient (Wildman–Crippen LogP) is -0.310. The van der Waals surface area contributed by atoms with Gasteiger partial charge in [0.25, 0.3) is 0 Å². The summed E-state index contributed by atoms with van der Waals surface area (Å²) < 4.78 is 32.0. The fraction of sp³-hybridized carbons (Fsp3) is 0.727. The molecule has 0 saturated carbocycles. The Labute approximate surface area is 109 Å². The van der Waals surface area contributed by atoms with Crippen LogP contribution in [0.15, 0.2) is 12.7 Å². The van der Waals surface area contributed by atoms with Crippen LogP contribution in [-0.2, 0) is 14.9 Å². The van der Waals surface area contributed by atoms with Crippen molar-refractivity contribution in [2.24, 2.45) is 0 Å². The van der Waals surface area contributed by atoms with Gasteiger partial charge in [-0.15, -0.1) is 0 Å². The van der Waals surface area contributed by atoms with Gasteiger partial charge in [0.05, 0.1) is 37.3 Å². The quantitative estimate of drug-likeness (QED) is 0.271. The number of carbonyl (C=O) groups is 1. The van der Waals surface area contributed by atoms with Gasteiger partial charge in [-0.25, -0.2) is 8.42 Å². The molecule has 0 aliphatic carbocycles. The van der Waals surface area contributed by atoms with Crippen LogP contribution in [-0.4, -0.2) is 62.8 Å². The Hall–Kier alpha value is -0.920. The van der Waals surface area contributed by atoms with Gasteiger partial charge in [-0.05, 0) is 6.08 Å². The molecule has 0 aromatic heterocycles. The summed E-state index contributed by atoms with van der Waals surface area (Å²) in [6.07, 6.45) is 2.37. The molecular formula is C11H22N2O4S. The molecule has 0 spiro atoms.